The molecule has 0 aromatic rings. The van der Waals surface area contributed by atoms with Crippen LogP contribution in [-0.4, -0.2) is 37.0 Å². The minimum absolute atomic E-state index is 0.330. The van der Waals surface area contributed by atoms with E-state index >= 15 is 0 Å². The SMILES string of the molecule is CCCC(=O)N1CC(CC)CC(NC)C1. The number of nitrogens with one attached hydrogen (secondary N) is 1. The van der Waals surface area contributed by atoms with E-state index in [1.165, 1.54) is 12.8 Å². The molecule has 1 heterocycles. The second-order valence-corrected chi connectivity index (χ2v) is 4.54. The highest BCUT2D eigenvalue weighted by Crippen LogP contribution is 2.20. The number of hydrogen-bond acceptors (Lipinski definition) is 2. The monoisotopic (exact) mass is 212 g/mol. The number of piperidine rings is 1. The molecular weight excluding hydrogens is 188 g/mol. The molecule has 0 radical (unpaired) electrons. The van der Waals surface area contributed by atoms with Crippen molar-refractivity contribution in [1.82, 2.24) is 10.2 Å². The second kappa shape index (κ2) is 6.11. The average Bonchev–Trinajstić information content (AvgIpc) is 2.28. The Morgan fingerprint density at radius 2 is 2.13 bits per heavy atom. The first-order valence-corrected chi connectivity index (χ1v) is 6.16. The minimum atomic E-state index is 0.330. The summed E-state index contributed by atoms with van der Waals surface area (Å²) in [6.45, 7) is 6.14. The van der Waals surface area contributed by atoms with Crippen molar-refractivity contribution < 1.29 is 4.79 Å². The normalized spacial score (nSPS) is 26.7. The van der Waals surface area contributed by atoms with Crippen LogP contribution in [0.3, 0.4) is 0 Å². The molecule has 15 heavy (non-hydrogen) atoms. The lowest BCUT2D eigenvalue weighted by Gasteiger charge is -2.37. The maximum atomic E-state index is 11.8. The lowest BCUT2D eigenvalue weighted by Crippen LogP contribution is -2.50. The summed E-state index contributed by atoms with van der Waals surface area (Å²) in [5.41, 5.74) is 0. The van der Waals surface area contributed by atoms with Crippen LogP contribution in [-0.2, 0) is 4.79 Å². The Bertz CT molecular complexity index is 194. The van der Waals surface area contributed by atoms with Crippen LogP contribution in [0.15, 0.2) is 0 Å². The Balaban J connectivity index is 2.52. The number of rotatable bonds is 4. The molecule has 88 valence electrons. The van der Waals surface area contributed by atoms with Gasteiger partial charge in [0.15, 0.2) is 0 Å². The van der Waals surface area contributed by atoms with E-state index in [0.717, 1.165) is 19.5 Å². The third kappa shape index (κ3) is 3.49. The van der Waals surface area contributed by atoms with Crippen molar-refractivity contribution in [3.63, 3.8) is 0 Å². The minimum Gasteiger partial charge on any atom is -0.341 e. The summed E-state index contributed by atoms with van der Waals surface area (Å²) in [5.74, 6) is 1.01. The van der Waals surface area contributed by atoms with Crippen LogP contribution in [0.4, 0.5) is 0 Å². The lowest BCUT2D eigenvalue weighted by molar-refractivity contribution is -0.133. The van der Waals surface area contributed by atoms with Crippen molar-refractivity contribution in [3.05, 3.63) is 0 Å². The van der Waals surface area contributed by atoms with Gasteiger partial charge in [0, 0.05) is 25.6 Å². The number of amides is 1. The van der Waals surface area contributed by atoms with Crippen LogP contribution in [0, 0.1) is 5.92 Å². The molecule has 3 heteroatoms. The van der Waals surface area contributed by atoms with Crippen molar-refractivity contribution in [1.29, 1.82) is 0 Å². The van der Waals surface area contributed by atoms with Crippen LogP contribution >= 0.6 is 0 Å². The van der Waals surface area contributed by atoms with Gasteiger partial charge >= 0.3 is 0 Å². The summed E-state index contributed by atoms with van der Waals surface area (Å²) < 4.78 is 0. The molecule has 0 aromatic heterocycles. The maximum Gasteiger partial charge on any atom is 0.222 e. The zero-order valence-electron chi connectivity index (χ0n) is 10.3. The molecule has 1 saturated heterocycles. The Labute approximate surface area is 93.2 Å². The molecule has 0 aliphatic carbocycles. The zero-order chi connectivity index (χ0) is 11.3. The molecule has 2 atom stereocenters. The summed E-state index contributed by atoms with van der Waals surface area (Å²) in [4.78, 5) is 13.9. The van der Waals surface area contributed by atoms with Crippen molar-refractivity contribution >= 4 is 5.91 Å². The van der Waals surface area contributed by atoms with Gasteiger partial charge in [-0.2, -0.15) is 0 Å². The zero-order valence-corrected chi connectivity index (χ0v) is 10.3. The molecule has 3 nitrogen and oxygen atoms in total. The van der Waals surface area contributed by atoms with Gasteiger partial charge in [0.25, 0.3) is 0 Å². The van der Waals surface area contributed by atoms with Gasteiger partial charge in [-0.05, 0) is 25.8 Å². The van der Waals surface area contributed by atoms with Gasteiger partial charge in [0.05, 0.1) is 0 Å². The van der Waals surface area contributed by atoms with Crippen LogP contribution in [0.5, 0.6) is 0 Å². The fourth-order valence-corrected chi connectivity index (χ4v) is 2.28. The van der Waals surface area contributed by atoms with Gasteiger partial charge in [-0.25, -0.2) is 0 Å². The summed E-state index contributed by atoms with van der Waals surface area (Å²) in [6.07, 6.45) is 4.04. The quantitative estimate of drug-likeness (QED) is 0.768. The van der Waals surface area contributed by atoms with Gasteiger partial charge in [0.1, 0.15) is 0 Å². The topological polar surface area (TPSA) is 32.3 Å². The number of carbonyl (C=O) groups excluding carboxylic acids is 1. The summed E-state index contributed by atoms with van der Waals surface area (Å²) >= 11 is 0. The van der Waals surface area contributed by atoms with E-state index in [-0.39, 0.29) is 0 Å². The van der Waals surface area contributed by atoms with Crippen LogP contribution in [0.25, 0.3) is 0 Å². The fourth-order valence-electron chi connectivity index (χ4n) is 2.28. The molecule has 0 aromatic carbocycles. The van der Waals surface area contributed by atoms with Crippen molar-refractivity contribution in [2.45, 2.75) is 45.6 Å². The maximum absolute atomic E-state index is 11.8. The highest BCUT2D eigenvalue weighted by molar-refractivity contribution is 5.76. The molecule has 1 fully saturated rings. The molecule has 2 unspecified atom stereocenters. The number of likely N-dealkylation sites (N-methyl/N-ethyl adjacent to an activating group) is 1. The molecule has 1 N–H and O–H groups in total. The molecule has 1 rings (SSSR count). The van der Waals surface area contributed by atoms with Crippen molar-refractivity contribution in [2.24, 2.45) is 5.92 Å². The summed E-state index contributed by atoms with van der Waals surface area (Å²) in [6, 6.07) is 0.490. The predicted molar refractivity (Wildman–Crippen MR) is 62.7 cm³/mol. The molecule has 0 spiro atoms. The van der Waals surface area contributed by atoms with E-state index < -0.39 is 0 Å². The van der Waals surface area contributed by atoms with E-state index in [0.29, 0.717) is 24.3 Å². The average molecular weight is 212 g/mol. The third-order valence-electron chi connectivity index (χ3n) is 3.34. The second-order valence-electron chi connectivity index (χ2n) is 4.54. The number of carbonyl (C=O) groups is 1. The first-order valence-electron chi connectivity index (χ1n) is 6.16. The van der Waals surface area contributed by atoms with Gasteiger partial charge < -0.3 is 10.2 Å². The molecule has 1 aliphatic rings. The summed E-state index contributed by atoms with van der Waals surface area (Å²) in [7, 11) is 1.99. The van der Waals surface area contributed by atoms with Gasteiger partial charge in [-0.15, -0.1) is 0 Å². The van der Waals surface area contributed by atoms with E-state index in [1.807, 2.05) is 11.9 Å². The Morgan fingerprint density at radius 3 is 2.67 bits per heavy atom. The molecule has 0 saturated carbocycles. The Morgan fingerprint density at radius 1 is 1.40 bits per heavy atom. The first kappa shape index (κ1) is 12.5. The van der Waals surface area contributed by atoms with E-state index in [9.17, 15) is 4.79 Å². The highest BCUT2D eigenvalue weighted by atomic mass is 16.2. The standard InChI is InChI=1S/C12H24N2O/c1-4-6-12(15)14-8-10(5-2)7-11(9-14)13-3/h10-11,13H,4-9H2,1-3H3. The van der Waals surface area contributed by atoms with E-state index in [2.05, 4.69) is 19.2 Å². The predicted octanol–water partition coefficient (Wildman–Crippen LogP) is 1.63. The molecule has 1 aliphatic heterocycles. The van der Waals surface area contributed by atoms with Crippen LogP contribution in [0.1, 0.15) is 39.5 Å². The number of likely N-dealkylation sites (tertiary alicyclic amines) is 1. The van der Waals surface area contributed by atoms with Gasteiger partial charge in [0.2, 0.25) is 5.91 Å². The molecular formula is C12H24N2O. The third-order valence-corrected chi connectivity index (χ3v) is 3.34. The Kier molecular flexibility index (Phi) is 5.09. The van der Waals surface area contributed by atoms with Crippen LogP contribution < -0.4 is 5.32 Å². The van der Waals surface area contributed by atoms with Crippen molar-refractivity contribution in [3.8, 4) is 0 Å². The number of hydrogen-bond donors (Lipinski definition) is 1. The van der Waals surface area contributed by atoms with Crippen molar-refractivity contribution in [2.75, 3.05) is 20.1 Å². The largest absolute Gasteiger partial charge is 0.341 e. The molecule has 1 amide bonds. The smallest absolute Gasteiger partial charge is 0.222 e. The highest BCUT2D eigenvalue weighted by Gasteiger charge is 2.27. The van der Waals surface area contributed by atoms with E-state index in [4.69, 9.17) is 0 Å². The van der Waals surface area contributed by atoms with Gasteiger partial charge in [-0.1, -0.05) is 20.3 Å². The van der Waals surface area contributed by atoms with Crippen LogP contribution in [0.2, 0.25) is 0 Å². The lowest BCUT2D eigenvalue weighted by atomic mass is 9.92. The number of nitrogens with zero attached hydrogens (tertiary/aromatic N) is 1. The van der Waals surface area contributed by atoms with E-state index in [1.54, 1.807) is 0 Å². The molecule has 0 bridgehead atoms. The summed E-state index contributed by atoms with van der Waals surface area (Å²) in [5, 5.41) is 3.30. The fraction of sp³-hybridized carbons (Fsp3) is 0.917. The Hall–Kier alpha value is -0.570. The first-order chi connectivity index (χ1) is 7.21. The van der Waals surface area contributed by atoms with Gasteiger partial charge in [-0.3, -0.25) is 4.79 Å².